The average molecular weight is 274 g/mol. The van der Waals surface area contributed by atoms with Gasteiger partial charge in [-0.2, -0.15) is 0 Å². The summed E-state index contributed by atoms with van der Waals surface area (Å²) >= 11 is 0. The lowest BCUT2D eigenvalue weighted by Crippen LogP contribution is -1.91. The first-order chi connectivity index (χ1) is 10.1. The molecule has 3 rings (SSSR count). The van der Waals surface area contributed by atoms with Crippen molar-refractivity contribution >= 4 is 11.4 Å². The molecule has 0 heterocycles. The van der Waals surface area contributed by atoms with Crippen LogP contribution >= 0.6 is 0 Å². The molecule has 0 bridgehead atoms. The fourth-order valence-electron chi connectivity index (χ4n) is 2.45. The van der Waals surface area contributed by atoms with E-state index < -0.39 is 0 Å². The van der Waals surface area contributed by atoms with Crippen LogP contribution < -0.4 is 11.5 Å². The second-order valence-corrected chi connectivity index (χ2v) is 5.29. The van der Waals surface area contributed by atoms with Gasteiger partial charge in [0.25, 0.3) is 0 Å². The average Bonchev–Trinajstić information content (AvgIpc) is 2.49. The molecule has 0 fully saturated rings. The summed E-state index contributed by atoms with van der Waals surface area (Å²) in [6.07, 6.45) is 0. The van der Waals surface area contributed by atoms with Gasteiger partial charge in [-0.3, -0.25) is 0 Å². The van der Waals surface area contributed by atoms with Crippen molar-refractivity contribution in [3.63, 3.8) is 0 Å². The highest BCUT2D eigenvalue weighted by atomic mass is 14.5. The molecule has 0 atom stereocenters. The third-order valence-corrected chi connectivity index (χ3v) is 3.63. The number of anilines is 2. The van der Waals surface area contributed by atoms with E-state index in [1.807, 2.05) is 36.4 Å². The van der Waals surface area contributed by atoms with E-state index in [4.69, 9.17) is 11.5 Å². The van der Waals surface area contributed by atoms with Crippen LogP contribution in [0.5, 0.6) is 0 Å². The topological polar surface area (TPSA) is 52.0 Å². The molecule has 0 unspecified atom stereocenters. The van der Waals surface area contributed by atoms with Gasteiger partial charge in [-0.15, -0.1) is 0 Å². The number of hydrogen-bond acceptors (Lipinski definition) is 2. The SMILES string of the molecule is Cc1ccc(-c2cc(N)ccc2-c2ccc(N)cc2)cc1. The second-order valence-electron chi connectivity index (χ2n) is 5.29. The molecule has 0 amide bonds. The van der Waals surface area contributed by atoms with Gasteiger partial charge in [0.05, 0.1) is 0 Å². The number of benzene rings is 3. The summed E-state index contributed by atoms with van der Waals surface area (Å²) in [6.45, 7) is 2.09. The molecule has 2 heteroatoms. The number of rotatable bonds is 2. The predicted octanol–water partition coefficient (Wildman–Crippen LogP) is 4.49. The second kappa shape index (κ2) is 5.33. The van der Waals surface area contributed by atoms with Crippen molar-refractivity contribution in [2.45, 2.75) is 6.92 Å². The Kier molecular flexibility index (Phi) is 3.36. The lowest BCUT2D eigenvalue weighted by atomic mass is 9.93. The van der Waals surface area contributed by atoms with E-state index in [0.717, 1.165) is 28.1 Å². The molecular formula is C19H18N2. The Balaban J connectivity index is 2.17. The van der Waals surface area contributed by atoms with Gasteiger partial charge in [-0.1, -0.05) is 48.0 Å². The minimum atomic E-state index is 0.768. The summed E-state index contributed by atoms with van der Waals surface area (Å²) in [5.74, 6) is 0. The first kappa shape index (κ1) is 13.3. The van der Waals surface area contributed by atoms with E-state index in [-0.39, 0.29) is 0 Å². The lowest BCUT2D eigenvalue weighted by molar-refractivity contribution is 1.47. The Morgan fingerprint density at radius 3 is 1.76 bits per heavy atom. The highest BCUT2D eigenvalue weighted by Gasteiger charge is 2.08. The van der Waals surface area contributed by atoms with Crippen LogP contribution in [0.4, 0.5) is 11.4 Å². The maximum absolute atomic E-state index is 5.98. The molecule has 0 saturated heterocycles. The monoisotopic (exact) mass is 274 g/mol. The zero-order valence-corrected chi connectivity index (χ0v) is 12.0. The van der Waals surface area contributed by atoms with E-state index in [2.05, 4.69) is 37.3 Å². The highest BCUT2D eigenvalue weighted by Crippen LogP contribution is 2.34. The minimum absolute atomic E-state index is 0.768. The van der Waals surface area contributed by atoms with Gasteiger partial charge < -0.3 is 11.5 Å². The Morgan fingerprint density at radius 2 is 1.10 bits per heavy atom. The molecule has 0 aliphatic heterocycles. The molecule has 0 saturated carbocycles. The van der Waals surface area contributed by atoms with Crippen molar-refractivity contribution < 1.29 is 0 Å². The zero-order chi connectivity index (χ0) is 14.8. The number of nitrogen functional groups attached to an aromatic ring is 2. The maximum Gasteiger partial charge on any atom is 0.0320 e. The van der Waals surface area contributed by atoms with Gasteiger partial charge in [-0.25, -0.2) is 0 Å². The van der Waals surface area contributed by atoms with Crippen LogP contribution in [0.15, 0.2) is 66.7 Å². The fourth-order valence-corrected chi connectivity index (χ4v) is 2.45. The van der Waals surface area contributed by atoms with E-state index in [1.165, 1.54) is 11.1 Å². The molecule has 4 N–H and O–H groups in total. The molecule has 0 aliphatic carbocycles. The van der Waals surface area contributed by atoms with E-state index in [0.29, 0.717) is 0 Å². The summed E-state index contributed by atoms with van der Waals surface area (Å²) in [7, 11) is 0. The molecule has 2 nitrogen and oxygen atoms in total. The van der Waals surface area contributed by atoms with Gasteiger partial charge in [0.15, 0.2) is 0 Å². The summed E-state index contributed by atoms with van der Waals surface area (Å²) in [6, 6.07) is 22.4. The van der Waals surface area contributed by atoms with Crippen LogP contribution in [0, 0.1) is 6.92 Å². The van der Waals surface area contributed by atoms with Crippen LogP contribution in [0.1, 0.15) is 5.56 Å². The quantitative estimate of drug-likeness (QED) is 0.676. The predicted molar refractivity (Wildman–Crippen MR) is 90.9 cm³/mol. The minimum Gasteiger partial charge on any atom is -0.399 e. The van der Waals surface area contributed by atoms with Gasteiger partial charge in [0, 0.05) is 11.4 Å². The Labute approximate surface area is 125 Å². The molecular weight excluding hydrogens is 256 g/mol. The van der Waals surface area contributed by atoms with Gasteiger partial charge >= 0.3 is 0 Å². The first-order valence-corrected chi connectivity index (χ1v) is 6.96. The van der Waals surface area contributed by atoms with Crippen LogP contribution in [-0.2, 0) is 0 Å². The van der Waals surface area contributed by atoms with Gasteiger partial charge in [0.2, 0.25) is 0 Å². The largest absolute Gasteiger partial charge is 0.399 e. The summed E-state index contributed by atoms with van der Waals surface area (Å²) in [4.78, 5) is 0. The van der Waals surface area contributed by atoms with E-state index >= 15 is 0 Å². The summed E-state index contributed by atoms with van der Waals surface area (Å²) in [5, 5.41) is 0. The summed E-state index contributed by atoms with van der Waals surface area (Å²) < 4.78 is 0. The zero-order valence-electron chi connectivity index (χ0n) is 12.0. The van der Waals surface area contributed by atoms with Gasteiger partial charge in [-0.05, 0) is 53.4 Å². The summed E-state index contributed by atoms with van der Waals surface area (Å²) in [5.41, 5.74) is 19.1. The molecule has 0 aromatic heterocycles. The highest BCUT2D eigenvalue weighted by molar-refractivity contribution is 5.85. The lowest BCUT2D eigenvalue weighted by Gasteiger charge is -2.12. The third kappa shape index (κ3) is 2.75. The van der Waals surface area contributed by atoms with Crippen molar-refractivity contribution in [3.8, 4) is 22.3 Å². The Hall–Kier alpha value is -2.74. The molecule has 3 aromatic carbocycles. The number of nitrogens with two attached hydrogens (primary N) is 2. The van der Waals surface area contributed by atoms with Crippen molar-refractivity contribution in [1.82, 2.24) is 0 Å². The maximum atomic E-state index is 5.98. The molecule has 3 aromatic rings. The van der Waals surface area contributed by atoms with Crippen LogP contribution in [0.3, 0.4) is 0 Å². The van der Waals surface area contributed by atoms with Crippen LogP contribution in [0.2, 0.25) is 0 Å². The molecule has 0 aliphatic rings. The Morgan fingerprint density at radius 1 is 0.571 bits per heavy atom. The van der Waals surface area contributed by atoms with Crippen molar-refractivity contribution in [2.24, 2.45) is 0 Å². The van der Waals surface area contributed by atoms with E-state index in [9.17, 15) is 0 Å². The molecule has 0 radical (unpaired) electrons. The van der Waals surface area contributed by atoms with Crippen molar-refractivity contribution in [3.05, 3.63) is 72.3 Å². The number of aryl methyl sites for hydroxylation is 1. The molecule has 21 heavy (non-hydrogen) atoms. The molecule has 0 spiro atoms. The standard InChI is InChI=1S/C19H18N2/c1-13-2-4-15(5-3-13)19-12-17(21)10-11-18(19)14-6-8-16(20)9-7-14/h2-12H,20-21H2,1H3. The third-order valence-electron chi connectivity index (χ3n) is 3.63. The first-order valence-electron chi connectivity index (χ1n) is 6.96. The smallest absolute Gasteiger partial charge is 0.0320 e. The van der Waals surface area contributed by atoms with Crippen LogP contribution in [0.25, 0.3) is 22.3 Å². The van der Waals surface area contributed by atoms with Gasteiger partial charge in [0.1, 0.15) is 0 Å². The van der Waals surface area contributed by atoms with Crippen LogP contribution in [-0.4, -0.2) is 0 Å². The van der Waals surface area contributed by atoms with E-state index in [1.54, 1.807) is 0 Å². The normalized spacial score (nSPS) is 10.5. The van der Waals surface area contributed by atoms with Crippen molar-refractivity contribution in [2.75, 3.05) is 11.5 Å². The Bertz CT molecular complexity index is 757. The van der Waals surface area contributed by atoms with Crippen molar-refractivity contribution in [1.29, 1.82) is 0 Å². The molecule has 104 valence electrons. The number of hydrogen-bond donors (Lipinski definition) is 2. The fraction of sp³-hybridized carbons (Fsp3) is 0.0526.